The standard InChI is InChI=1S/C19H23N3O2/c1-2-7-17(23)22-16-11-6-8-14(12-16)13-21-18(19(20)24)15-9-4-3-5-10-15/h3-6,8-12,18,21H,2,7,13H2,1H3,(H2,20,24)(H,22,23). The Morgan fingerprint density at radius 2 is 1.83 bits per heavy atom. The molecule has 0 aliphatic carbocycles. The molecule has 4 N–H and O–H groups in total. The number of carbonyl (C=O) groups excluding carboxylic acids is 2. The van der Waals surface area contributed by atoms with Crippen LogP contribution in [-0.4, -0.2) is 11.8 Å². The number of anilines is 1. The lowest BCUT2D eigenvalue weighted by atomic mass is 10.1. The van der Waals surface area contributed by atoms with Gasteiger partial charge in [0.1, 0.15) is 6.04 Å². The van der Waals surface area contributed by atoms with Gasteiger partial charge in [-0.2, -0.15) is 0 Å². The first-order chi connectivity index (χ1) is 11.6. The molecule has 0 aliphatic rings. The molecular formula is C19H23N3O2. The largest absolute Gasteiger partial charge is 0.368 e. The van der Waals surface area contributed by atoms with Gasteiger partial charge in [0.25, 0.3) is 0 Å². The van der Waals surface area contributed by atoms with Crippen LogP contribution >= 0.6 is 0 Å². The van der Waals surface area contributed by atoms with Gasteiger partial charge < -0.3 is 11.1 Å². The molecule has 2 aromatic carbocycles. The number of nitrogens with two attached hydrogens (primary N) is 1. The Morgan fingerprint density at radius 1 is 1.08 bits per heavy atom. The van der Waals surface area contributed by atoms with E-state index in [1.54, 1.807) is 0 Å². The topological polar surface area (TPSA) is 84.2 Å². The fraction of sp³-hybridized carbons (Fsp3) is 0.263. The van der Waals surface area contributed by atoms with E-state index in [1.807, 2.05) is 61.5 Å². The van der Waals surface area contributed by atoms with Crippen molar-refractivity contribution in [2.45, 2.75) is 32.4 Å². The van der Waals surface area contributed by atoms with Crippen LogP contribution in [0.25, 0.3) is 0 Å². The summed E-state index contributed by atoms with van der Waals surface area (Å²) >= 11 is 0. The van der Waals surface area contributed by atoms with Gasteiger partial charge in [0.05, 0.1) is 0 Å². The van der Waals surface area contributed by atoms with E-state index in [0.717, 1.165) is 23.2 Å². The van der Waals surface area contributed by atoms with Gasteiger partial charge in [-0.3, -0.25) is 14.9 Å². The van der Waals surface area contributed by atoms with Crippen LogP contribution < -0.4 is 16.4 Å². The number of carbonyl (C=O) groups is 2. The molecule has 0 radical (unpaired) electrons. The Balaban J connectivity index is 2.02. The molecule has 0 aliphatic heterocycles. The number of primary amides is 1. The zero-order chi connectivity index (χ0) is 17.4. The van der Waals surface area contributed by atoms with Crippen molar-refractivity contribution in [1.82, 2.24) is 5.32 Å². The average molecular weight is 325 g/mol. The van der Waals surface area contributed by atoms with E-state index in [1.165, 1.54) is 0 Å². The predicted octanol–water partition coefficient (Wildman–Crippen LogP) is 2.74. The molecule has 0 fully saturated rings. The molecule has 24 heavy (non-hydrogen) atoms. The maximum Gasteiger partial charge on any atom is 0.239 e. The Morgan fingerprint density at radius 3 is 2.50 bits per heavy atom. The van der Waals surface area contributed by atoms with Gasteiger partial charge in [-0.05, 0) is 29.7 Å². The highest BCUT2D eigenvalue weighted by Crippen LogP contribution is 2.15. The van der Waals surface area contributed by atoms with Crippen LogP contribution in [0.15, 0.2) is 54.6 Å². The summed E-state index contributed by atoms with van der Waals surface area (Å²) in [5, 5.41) is 6.04. The van der Waals surface area contributed by atoms with E-state index in [4.69, 9.17) is 5.73 Å². The maximum atomic E-state index is 11.7. The van der Waals surface area contributed by atoms with Gasteiger partial charge >= 0.3 is 0 Å². The molecule has 0 aromatic heterocycles. The molecule has 0 saturated heterocycles. The van der Waals surface area contributed by atoms with E-state index in [2.05, 4.69) is 10.6 Å². The second-order valence-corrected chi connectivity index (χ2v) is 5.63. The first kappa shape index (κ1) is 17.7. The zero-order valence-corrected chi connectivity index (χ0v) is 13.8. The van der Waals surface area contributed by atoms with Crippen LogP contribution in [0, 0.1) is 0 Å². The summed E-state index contributed by atoms with van der Waals surface area (Å²) in [5.41, 5.74) is 8.05. The summed E-state index contributed by atoms with van der Waals surface area (Å²) in [7, 11) is 0. The number of rotatable bonds is 8. The second-order valence-electron chi connectivity index (χ2n) is 5.63. The van der Waals surface area contributed by atoms with E-state index in [-0.39, 0.29) is 5.91 Å². The SMILES string of the molecule is CCCC(=O)Nc1cccc(CNC(C(N)=O)c2ccccc2)c1. The number of hydrogen-bond acceptors (Lipinski definition) is 3. The van der Waals surface area contributed by atoms with Crippen molar-refractivity contribution >= 4 is 17.5 Å². The van der Waals surface area contributed by atoms with Gasteiger partial charge in [0, 0.05) is 18.7 Å². The lowest BCUT2D eigenvalue weighted by molar-refractivity contribution is -0.120. The van der Waals surface area contributed by atoms with Crippen LogP contribution in [0.2, 0.25) is 0 Å². The van der Waals surface area contributed by atoms with Gasteiger partial charge in [-0.15, -0.1) is 0 Å². The zero-order valence-electron chi connectivity index (χ0n) is 13.8. The van der Waals surface area contributed by atoms with Crippen molar-refractivity contribution in [3.8, 4) is 0 Å². The second kappa shape index (κ2) is 8.84. The highest BCUT2D eigenvalue weighted by molar-refractivity contribution is 5.90. The lowest BCUT2D eigenvalue weighted by Gasteiger charge is -2.16. The molecular weight excluding hydrogens is 302 g/mol. The van der Waals surface area contributed by atoms with Gasteiger partial charge in [-0.25, -0.2) is 0 Å². The van der Waals surface area contributed by atoms with Crippen LogP contribution in [0.5, 0.6) is 0 Å². The predicted molar refractivity (Wildman–Crippen MR) is 95.2 cm³/mol. The number of hydrogen-bond donors (Lipinski definition) is 3. The van der Waals surface area contributed by atoms with E-state index in [0.29, 0.717) is 13.0 Å². The molecule has 126 valence electrons. The molecule has 0 saturated carbocycles. The Labute approximate surface area is 142 Å². The quantitative estimate of drug-likeness (QED) is 0.698. The molecule has 0 spiro atoms. The minimum absolute atomic E-state index is 0.00177. The summed E-state index contributed by atoms with van der Waals surface area (Å²) in [6, 6.07) is 16.4. The third kappa shape index (κ3) is 5.21. The highest BCUT2D eigenvalue weighted by Gasteiger charge is 2.16. The monoisotopic (exact) mass is 325 g/mol. The normalized spacial score (nSPS) is 11.7. The Kier molecular flexibility index (Phi) is 6.51. The molecule has 5 nitrogen and oxygen atoms in total. The minimum Gasteiger partial charge on any atom is -0.368 e. The molecule has 2 amide bonds. The van der Waals surface area contributed by atoms with Crippen LogP contribution in [0.1, 0.15) is 36.9 Å². The molecule has 1 atom stereocenters. The summed E-state index contributed by atoms with van der Waals surface area (Å²) in [6.07, 6.45) is 1.31. The fourth-order valence-corrected chi connectivity index (χ4v) is 2.46. The average Bonchev–Trinajstić information content (AvgIpc) is 2.56. The van der Waals surface area contributed by atoms with Crippen molar-refractivity contribution in [2.75, 3.05) is 5.32 Å². The Hall–Kier alpha value is -2.66. The lowest BCUT2D eigenvalue weighted by Crippen LogP contribution is -2.33. The first-order valence-corrected chi connectivity index (χ1v) is 8.06. The summed E-state index contributed by atoms with van der Waals surface area (Å²) in [4.78, 5) is 23.4. The van der Waals surface area contributed by atoms with Crippen molar-refractivity contribution in [2.24, 2.45) is 5.73 Å². The molecule has 2 aromatic rings. The van der Waals surface area contributed by atoms with Crippen molar-refractivity contribution in [3.63, 3.8) is 0 Å². The van der Waals surface area contributed by atoms with Gasteiger partial charge in [-0.1, -0.05) is 49.4 Å². The highest BCUT2D eigenvalue weighted by atomic mass is 16.2. The summed E-state index contributed by atoms with van der Waals surface area (Å²) in [5.74, 6) is -0.421. The van der Waals surface area contributed by atoms with Crippen molar-refractivity contribution < 1.29 is 9.59 Å². The number of nitrogens with one attached hydrogen (secondary N) is 2. The van der Waals surface area contributed by atoms with E-state index < -0.39 is 11.9 Å². The van der Waals surface area contributed by atoms with Crippen molar-refractivity contribution in [1.29, 1.82) is 0 Å². The smallest absolute Gasteiger partial charge is 0.239 e. The number of amides is 2. The summed E-state index contributed by atoms with van der Waals surface area (Å²) in [6.45, 7) is 2.44. The number of benzene rings is 2. The van der Waals surface area contributed by atoms with Crippen LogP contribution in [0.3, 0.4) is 0 Å². The van der Waals surface area contributed by atoms with Crippen molar-refractivity contribution in [3.05, 3.63) is 65.7 Å². The first-order valence-electron chi connectivity index (χ1n) is 8.06. The third-order valence-electron chi connectivity index (χ3n) is 3.62. The summed E-state index contributed by atoms with van der Waals surface area (Å²) < 4.78 is 0. The Bertz CT molecular complexity index is 686. The molecule has 0 heterocycles. The van der Waals surface area contributed by atoms with Gasteiger partial charge in [0.15, 0.2) is 0 Å². The maximum absolute atomic E-state index is 11.7. The minimum atomic E-state index is -0.551. The molecule has 5 heteroatoms. The van der Waals surface area contributed by atoms with Crippen LogP contribution in [-0.2, 0) is 16.1 Å². The molecule has 1 unspecified atom stereocenters. The van der Waals surface area contributed by atoms with Gasteiger partial charge in [0.2, 0.25) is 11.8 Å². The molecule has 2 rings (SSSR count). The third-order valence-corrected chi connectivity index (χ3v) is 3.62. The van der Waals surface area contributed by atoms with E-state index in [9.17, 15) is 9.59 Å². The fourth-order valence-electron chi connectivity index (χ4n) is 2.46. The molecule has 0 bridgehead atoms. The van der Waals surface area contributed by atoms with E-state index >= 15 is 0 Å². The van der Waals surface area contributed by atoms with Crippen LogP contribution in [0.4, 0.5) is 5.69 Å².